The number of anilines is 1. The second kappa shape index (κ2) is 6.64. The highest BCUT2D eigenvalue weighted by Gasteiger charge is 2.33. The fraction of sp³-hybridized carbons (Fsp3) is 0.706. The number of aryl methyl sites for hydroxylation is 2. The van der Waals surface area contributed by atoms with E-state index in [0.717, 1.165) is 38.3 Å². The van der Waals surface area contributed by atoms with Crippen LogP contribution in [0.25, 0.3) is 0 Å². The summed E-state index contributed by atoms with van der Waals surface area (Å²) in [5.74, 6) is 0.996. The fourth-order valence-corrected chi connectivity index (χ4v) is 3.67. The van der Waals surface area contributed by atoms with Crippen LogP contribution in [0.15, 0.2) is 6.07 Å². The molecular weight excluding hydrogens is 306 g/mol. The number of fused-ring (bicyclic) bond motifs is 1. The van der Waals surface area contributed by atoms with Crippen molar-refractivity contribution in [2.45, 2.75) is 37.8 Å². The van der Waals surface area contributed by atoms with E-state index in [9.17, 15) is 4.79 Å². The molecule has 2 fully saturated rings. The van der Waals surface area contributed by atoms with Crippen molar-refractivity contribution in [1.29, 1.82) is 0 Å². The topological polar surface area (TPSA) is 70.6 Å². The quantitative estimate of drug-likeness (QED) is 0.837. The van der Waals surface area contributed by atoms with E-state index in [0.29, 0.717) is 12.6 Å². The van der Waals surface area contributed by atoms with Crippen molar-refractivity contribution in [1.82, 2.24) is 20.4 Å². The number of ether oxygens (including phenoxy) is 1. The monoisotopic (exact) mass is 331 g/mol. The first-order valence-electron chi connectivity index (χ1n) is 8.88. The molecule has 2 saturated heterocycles. The Bertz CT molecular complexity index is 607. The smallest absolute Gasteiger partial charge is 0.246 e. The summed E-state index contributed by atoms with van der Waals surface area (Å²) in [5, 5.41) is 11.7. The third-order valence-corrected chi connectivity index (χ3v) is 5.34. The summed E-state index contributed by atoms with van der Waals surface area (Å²) >= 11 is 0. The highest BCUT2D eigenvalue weighted by molar-refractivity contribution is 5.77. The fourth-order valence-electron chi connectivity index (χ4n) is 3.67. The van der Waals surface area contributed by atoms with Crippen LogP contribution in [-0.2, 0) is 22.4 Å². The van der Waals surface area contributed by atoms with Crippen molar-refractivity contribution in [3.8, 4) is 0 Å². The van der Waals surface area contributed by atoms with Gasteiger partial charge in [0.05, 0.1) is 11.8 Å². The molecule has 1 aliphatic carbocycles. The van der Waals surface area contributed by atoms with Crippen LogP contribution in [0, 0.1) is 0 Å². The van der Waals surface area contributed by atoms with Crippen LogP contribution in [0.5, 0.6) is 0 Å². The molecule has 0 spiro atoms. The molecule has 130 valence electrons. The predicted octanol–water partition coefficient (Wildman–Crippen LogP) is -0.00920. The number of morpholine rings is 1. The van der Waals surface area contributed by atoms with Gasteiger partial charge >= 0.3 is 0 Å². The Hall–Kier alpha value is -1.73. The molecule has 0 radical (unpaired) electrons. The van der Waals surface area contributed by atoms with Crippen molar-refractivity contribution in [3.05, 3.63) is 17.3 Å². The number of aromatic nitrogens is 2. The minimum Gasteiger partial charge on any atom is -0.365 e. The molecule has 0 bridgehead atoms. The van der Waals surface area contributed by atoms with Gasteiger partial charge in [-0.05, 0) is 44.4 Å². The van der Waals surface area contributed by atoms with Crippen LogP contribution in [0.3, 0.4) is 0 Å². The van der Waals surface area contributed by atoms with Gasteiger partial charge in [0.15, 0.2) is 5.82 Å². The molecule has 3 aliphatic rings. The van der Waals surface area contributed by atoms with E-state index in [1.807, 2.05) is 0 Å². The predicted molar refractivity (Wildman–Crippen MR) is 90.1 cm³/mol. The van der Waals surface area contributed by atoms with Crippen LogP contribution in [-0.4, -0.2) is 73.0 Å². The third-order valence-electron chi connectivity index (χ3n) is 5.34. The SMILES string of the molecule is CN(CC1CNC(=O)CO1)C1CN(c2cc3c(nn2)CCCC3)C1. The van der Waals surface area contributed by atoms with E-state index in [1.54, 1.807) is 0 Å². The first kappa shape index (κ1) is 15.8. The summed E-state index contributed by atoms with van der Waals surface area (Å²) in [7, 11) is 2.13. The summed E-state index contributed by atoms with van der Waals surface area (Å²) < 4.78 is 5.56. The molecule has 1 aromatic rings. The lowest BCUT2D eigenvalue weighted by atomic mass is 9.96. The minimum atomic E-state index is -0.0188. The Morgan fingerprint density at radius 2 is 2.17 bits per heavy atom. The Morgan fingerprint density at radius 1 is 1.33 bits per heavy atom. The highest BCUT2D eigenvalue weighted by Crippen LogP contribution is 2.26. The maximum Gasteiger partial charge on any atom is 0.246 e. The number of hydrogen-bond donors (Lipinski definition) is 1. The van der Waals surface area contributed by atoms with Crippen LogP contribution in [0.1, 0.15) is 24.1 Å². The van der Waals surface area contributed by atoms with Gasteiger partial charge in [-0.2, -0.15) is 5.10 Å². The van der Waals surface area contributed by atoms with Gasteiger partial charge in [0.25, 0.3) is 0 Å². The largest absolute Gasteiger partial charge is 0.365 e. The van der Waals surface area contributed by atoms with Crippen molar-refractivity contribution in [2.24, 2.45) is 0 Å². The van der Waals surface area contributed by atoms with E-state index >= 15 is 0 Å². The maximum atomic E-state index is 11.1. The average Bonchev–Trinajstić information content (AvgIpc) is 2.55. The molecule has 7 nitrogen and oxygen atoms in total. The van der Waals surface area contributed by atoms with Crippen molar-refractivity contribution in [3.63, 3.8) is 0 Å². The van der Waals surface area contributed by atoms with Gasteiger partial charge in [0.1, 0.15) is 6.61 Å². The lowest BCUT2D eigenvalue weighted by Gasteiger charge is -2.45. The number of amides is 1. The molecular formula is C17H25N5O2. The van der Waals surface area contributed by atoms with Gasteiger partial charge in [-0.25, -0.2) is 0 Å². The Morgan fingerprint density at radius 3 is 2.96 bits per heavy atom. The first-order valence-corrected chi connectivity index (χ1v) is 8.88. The summed E-state index contributed by atoms with van der Waals surface area (Å²) in [4.78, 5) is 15.8. The lowest BCUT2D eigenvalue weighted by molar-refractivity contribution is -0.134. The zero-order chi connectivity index (χ0) is 16.5. The van der Waals surface area contributed by atoms with Crippen LogP contribution < -0.4 is 10.2 Å². The molecule has 4 rings (SSSR count). The molecule has 1 atom stereocenters. The molecule has 24 heavy (non-hydrogen) atoms. The van der Waals surface area contributed by atoms with E-state index in [2.05, 4.69) is 38.4 Å². The number of nitrogens with zero attached hydrogens (tertiary/aromatic N) is 4. The Kier molecular flexibility index (Phi) is 4.37. The minimum absolute atomic E-state index is 0.0188. The Balaban J connectivity index is 1.29. The summed E-state index contributed by atoms with van der Waals surface area (Å²) in [6, 6.07) is 2.74. The number of nitrogens with one attached hydrogen (secondary N) is 1. The number of rotatable bonds is 4. The molecule has 1 amide bonds. The van der Waals surface area contributed by atoms with Gasteiger partial charge in [0, 0.05) is 32.2 Å². The molecule has 0 saturated carbocycles. The first-order chi connectivity index (χ1) is 11.7. The Labute approximate surface area is 142 Å². The molecule has 0 aromatic carbocycles. The highest BCUT2D eigenvalue weighted by atomic mass is 16.5. The molecule has 1 N–H and O–H groups in total. The van der Waals surface area contributed by atoms with Crippen molar-refractivity contribution in [2.75, 3.05) is 44.7 Å². The lowest BCUT2D eigenvalue weighted by Crippen LogP contribution is -2.61. The van der Waals surface area contributed by atoms with Crippen molar-refractivity contribution < 1.29 is 9.53 Å². The van der Waals surface area contributed by atoms with E-state index in [-0.39, 0.29) is 18.6 Å². The number of hydrogen-bond acceptors (Lipinski definition) is 6. The van der Waals surface area contributed by atoms with Gasteiger partial charge in [0.2, 0.25) is 5.91 Å². The third kappa shape index (κ3) is 3.23. The second-order valence-corrected chi connectivity index (χ2v) is 7.12. The maximum absolute atomic E-state index is 11.1. The molecule has 1 aromatic heterocycles. The zero-order valence-corrected chi connectivity index (χ0v) is 14.2. The molecule has 2 aliphatic heterocycles. The normalized spacial score (nSPS) is 24.5. The summed E-state index contributed by atoms with van der Waals surface area (Å²) in [6.07, 6.45) is 4.80. The standard InChI is InChI=1S/C17H25N5O2/c1-21(10-14-7-18-17(23)11-24-14)13-8-22(9-13)16-6-12-4-2-3-5-15(12)19-20-16/h6,13-14H,2-5,7-11H2,1H3,(H,18,23). The van der Waals surface area contributed by atoms with E-state index < -0.39 is 0 Å². The number of carbonyl (C=O) groups excluding carboxylic acids is 1. The molecule has 1 unspecified atom stereocenters. The zero-order valence-electron chi connectivity index (χ0n) is 14.2. The average molecular weight is 331 g/mol. The van der Waals surface area contributed by atoms with Gasteiger partial charge < -0.3 is 15.0 Å². The van der Waals surface area contributed by atoms with Crippen LogP contribution in [0.4, 0.5) is 5.82 Å². The summed E-state index contributed by atoms with van der Waals surface area (Å²) in [6.45, 7) is 3.58. The van der Waals surface area contributed by atoms with Gasteiger partial charge in [-0.1, -0.05) is 0 Å². The number of likely N-dealkylation sites (N-methyl/N-ethyl adjacent to an activating group) is 1. The summed E-state index contributed by atoms with van der Waals surface area (Å²) in [5.41, 5.74) is 2.57. The molecule has 3 heterocycles. The van der Waals surface area contributed by atoms with Crippen molar-refractivity contribution >= 4 is 11.7 Å². The number of carbonyl (C=O) groups is 1. The van der Waals surface area contributed by atoms with Crippen LogP contribution in [0.2, 0.25) is 0 Å². The second-order valence-electron chi connectivity index (χ2n) is 7.12. The van der Waals surface area contributed by atoms with E-state index in [4.69, 9.17) is 4.74 Å². The molecule has 7 heteroatoms. The van der Waals surface area contributed by atoms with E-state index in [1.165, 1.54) is 24.1 Å². The van der Waals surface area contributed by atoms with Crippen LogP contribution >= 0.6 is 0 Å². The van der Waals surface area contributed by atoms with Gasteiger partial charge in [-0.3, -0.25) is 9.69 Å². The van der Waals surface area contributed by atoms with Gasteiger partial charge in [-0.15, -0.1) is 5.10 Å².